The number of halogens is 3. The standard InChI is InChI=1S/C27H20F3N5O4/c1-17-25(26(33-39-17)19-5-3-2-4-6-19)22-14-34(20-8-10-21(11-9-20)35(36)37)24(32-22)16-38-15-18-7-12-23(31-13-18)27(28,29)30/h2-14H,15-16H2,1H3. The van der Waals surface area contributed by atoms with Gasteiger partial charge in [-0.05, 0) is 30.7 Å². The van der Waals surface area contributed by atoms with E-state index in [-0.39, 0.29) is 18.9 Å². The second-order valence-electron chi connectivity index (χ2n) is 8.56. The summed E-state index contributed by atoms with van der Waals surface area (Å²) in [6, 6.07) is 17.6. The third-order valence-electron chi connectivity index (χ3n) is 5.90. The summed E-state index contributed by atoms with van der Waals surface area (Å²) in [5.74, 6) is 1.00. The molecule has 0 unspecified atom stereocenters. The number of nitrogens with zero attached hydrogens (tertiary/aromatic N) is 5. The molecule has 0 fully saturated rings. The van der Waals surface area contributed by atoms with Crippen LogP contribution in [0, 0.1) is 17.0 Å². The zero-order chi connectivity index (χ0) is 27.6. The smallest absolute Gasteiger partial charge is 0.369 e. The number of ether oxygens (including phenoxy) is 1. The minimum absolute atomic E-state index is 0.00481. The molecule has 39 heavy (non-hydrogen) atoms. The first-order chi connectivity index (χ1) is 18.7. The highest BCUT2D eigenvalue weighted by Crippen LogP contribution is 2.34. The van der Waals surface area contributed by atoms with Crippen LogP contribution < -0.4 is 0 Å². The SMILES string of the molecule is Cc1onc(-c2ccccc2)c1-c1cn(-c2ccc([N+](=O)[O-])cc2)c(COCc2ccc(C(F)(F)F)nc2)n1. The average molecular weight is 535 g/mol. The lowest BCUT2D eigenvalue weighted by Gasteiger charge is -2.09. The number of hydrogen-bond acceptors (Lipinski definition) is 7. The van der Waals surface area contributed by atoms with Gasteiger partial charge in [-0.25, -0.2) is 4.98 Å². The summed E-state index contributed by atoms with van der Waals surface area (Å²) in [7, 11) is 0. The number of hydrogen-bond donors (Lipinski definition) is 0. The molecule has 3 heterocycles. The highest BCUT2D eigenvalue weighted by Gasteiger charge is 2.32. The van der Waals surface area contributed by atoms with Crippen LogP contribution in [0.3, 0.4) is 0 Å². The second kappa shape index (κ2) is 10.5. The van der Waals surface area contributed by atoms with E-state index in [0.29, 0.717) is 39.8 Å². The summed E-state index contributed by atoms with van der Waals surface area (Å²) >= 11 is 0. The first-order valence-electron chi connectivity index (χ1n) is 11.7. The first kappa shape index (κ1) is 25.8. The summed E-state index contributed by atoms with van der Waals surface area (Å²) < 4.78 is 51.4. The van der Waals surface area contributed by atoms with Gasteiger partial charge in [-0.2, -0.15) is 13.2 Å². The topological polar surface area (TPSA) is 109 Å². The molecule has 0 saturated heterocycles. The van der Waals surface area contributed by atoms with Crippen molar-refractivity contribution in [1.82, 2.24) is 19.7 Å². The van der Waals surface area contributed by atoms with Crippen molar-refractivity contribution in [3.05, 3.63) is 112 Å². The van der Waals surface area contributed by atoms with Gasteiger partial charge in [0, 0.05) is 35.8 Å². The fraction of sp³-hybridized carbons (Fsp3) is 0.148. The summed E-state index contributed by atoms with van der Waals surface area (Å²) in [5, 5.41) is 15.3. The minimum atomic E-state index is -4.52. The number of aromatic nitrogens is 4. The van der Waals surface area contributed by atoms with E-state index >= 15 is 0 Å². The lowest BCUT2D eigenvalue weighted by atomic mass is 10.0. The van der Waals surface area contributed by atoms with Crippen molar-refractivity contribution in [3.63, 3.8) is 0 Å². The van der Waals surface area contributed by atoms with E-state index in [2.05, 4.69) is 10.1 Å². The van der Waals surface area contributed by atoms with Gasteiger partial charge in [0.1, 0.15) is 29.6 Å². The lowest BCUT2D eigenvalue weighted by Crippen LogP contribution is -2.08. The molecule has 0 bridgehead atoms. The van der Waals surface area contributed by atoms with Gasteiger partial charge in [-0.3, -0.25) is 15.1 Å². The Balaban J connectivity index is 1.47. The first-order valence-corrected chi connectivity index (χ1v) is 11.7. The van der Waals surface area contributed by atoms with Crippen molar-refractivity contribution in [2.75, 3.05) is 0 Å². The number of alkyl halides is 3. The molecule has 0 spiro atoms. The molecule has 198 valence electrons. The van der Waals surface area contributed by atoms with E-state index in [0.717, 1.165) is 17.8 Å². The number of non-ortho nitro benzene ring substituents is 1. The van der Waals surface area contributed by atoms with Gasteiger partial charge in [-0.15, -0.1) is 0 Å². The predicted octanol–water partition coefficient (Wildman–Crippen LogP) is 6.54. The fourth-order valence-corrected chi connectivity index (χ4v) is 4.00. The molecule has 3 aromatic heterocycles. The summed E-state index contributed by atoms with van der Waals surface area (Å²) in [6.07, 6.45) is -1.65. The fourth-order valence-electron chi connectivity index (χ4n) is 4.00. The van der Waals surface area contributed by atoms with Crippen LogP contribution in [-0.2, 0) is 24.1 Å². The molecule has 5 rings (SSSR count). The Morgan fingerprint density at radius 2 is 1.77 bits per heavy atom. The molecule has 0 atom stereocenters. The van der Waals surface area contributed by atoms with Gasteiger partial charge in [0.05, 0.1) is 22.8 Å². The van der Waals surface area contributed by atoms with E-state index in [9.17, 15) is 23.3 Å². The Kier molecular flexibility index (Phi) is 6.94. The van der Waals surface area contributed by atoms with Crippen molar-refractivity contribution >= 4 is 5.69 Å². The van der Waals surface area contributed by atoms with E-state index in [1.54, 1.807) is 29.8 Å². The monoisotopic (exact) mass is 535 g/mol. The Labute approximate surface area is 219 Å². The molecule has 5 aromatic rings. The molecule has 0 aliphatic heterocycles. The Bertz CT molecular complexity index is 1600. The Morgan fingerprint density at radius 1 is 1.03 bits per heavy atom. The Hall–Kier alpha value is -4.84. The van der Waals surface area contributed by atoms with E-state index in [4.69, 9.17) is 14.2 Å². The highest BCUT2D eigenvalue weighted by molar-refractivity contribution is 5.80. The average Bonchev–Trinajstić information content (AvgIpc) is 3.52. The third-order valence-corrected chi connectivity index (χ3v) is 5.90. The van der Waals surface area contributed by atoms with Gasteiger partial charge in [0.25, 0.3) is 5.69 Å². The zero-order valence-corrected chi connectivity index (χ0v) is 20.4. The summed E-state index contributed by atoms with van der Waals surface area (Å²) in [5.41, 5.74) is 2.67. The molecule has 12 heteroatoms. The van der Waals surface area contributed by atoms with Crippen molar-refractivity contribution < 1.29 is 27.4 Å². The number of nitro groups is 1. The predicted molar refractivity (Wildman–Crippen MR) is 134 cm³/mol. The quantitative estimate of drug-likeness (QED) is 0.164. The number of imidazole rings is 1. The second-order valence-corrected chi connectivity index (χ2v) is 8.56. The zero-order valence-electron chi connectivity index (χ0n) is 20.4. The molecule has 0 amide bonds. The van der Waals surface area contributed by atoms with Gasteiger partial charge in [0.15, 0.2) is 0 Å². The van der Waals surface area contributed by atoms with Crippen LogP contribution in [0.4, 0.5) is 18.9 Å². The number of aryl methyl sites for hydroxylation is 1. The Morgan fingerprint density at radius 3 is 2.41 bits per heavy atom. The lowest BCUT2D eigenvalue weighted by molar-refractivity contribution is -0.384. The van der Waals surface area contributed by atoms with Crippen molar-refractivity contribution in [2.45, 2.75) is 26.3 Å². The van der Waals surface area contributed by atoms with Gasteiger partial charge in [-0.1, -0.05) is 41.6 Å². The molecule has 0 aliphatic rings. The maximum atomic E-state index is 12.8. The maximum Gasteiger partial charge on any atom is 0.433 e. The van der Waals surface area contributed by atoms with Gasteiger partial charge >= 0.3 is 6.18 Å². The van der Waals surface area contributed by atoms with Crippen LogP contribution >= 0.6 is 0 Å². The van der Waals surface area contributed by atoms with Crippen LogP contribution in [0.5, 0.6) is 0 Å². The molecule has 0 aliphatic carbocycles. The molecular weight excluding hydrogens is 515 g/mol. The molecule has 0 saturated carbocycles. The van der Waals surface area contributed by atoms with Crippen molar-refractivity contribution in [1.29, 1.82) is 0 Å². The van der Waals surface area contributed by atoms with Crippen LogP contribution in [0.15, 0.2) is 83.6 Å². The van der Waals surface area contributed by atoms with Crippen LogP contribution in [0.2, 0.25) is 0 Å². The van der Waals surface area contributed by atoms with Crippen molar-refractivity contribution in [3.8, 4) is 28.2 Å². The minimum Gasteiger partial charge on any atom is -0.369 e. The summed E-state index contributed by atoms with van der Waals surface area (Å²) in [4.78, 5) is 18.8. The number of pyridine rings is 1. The number of rotatable bonds is 8. The van der Waals surface area contributed by atoms with Crippen molar-refractivity contribution in [2.24, 2.45) is 0 Å². The number of nitro benzene ring substituents is 1. The van der Waals surface area contributed by atoms with Crippen LogP contribution in [0.1, 0.15) is 22.8 Å². The molecule has 0 radical (unpaired) electrons. The third kappa shape index (κ3) is 5.55. The van der Waals surface area contributed by atoms with E-state index < -0.39 is 16.8 Å². The molecule has 0 N–H and O–H groups in total. The van der Waals surface area contributed by atoms with E-state index in [1.807, 2.05) is 30.3 Å². The van der Waals surface area contributed by atoms with E-state index in [1.165, 1.54) is 18.2 Å². The molecule has 2 aromatic carbocycles. The molecule has 9 nitrogen and oxygen atoms in total. The van der Waals surface area contributed by atoms with Crippen LogP contribution in [-0.4, -0.2) is 24.6 Å². The van der Waals surface area contributed by atoms with Gasteiger partial charge < -0.3 is 13.8 Å². The normalized spacial score (nSPS) is 11.6. The number of benzene rings is 2. The summed E-state index contributed by atoms with van der Waals surface area (Å²) in [6.45, 7) is 1.76. The highest BCUT2D eigenvalue weighted by atomic mass is 19.4. The van der Waals surface area contributed by atoms with Gasteiger partial charge in [0.2, 0.25) is 0 Å². The molecular formula is C27H20F3N5O4. The largest absolute Gasteiger partial charge is 0.433 e. The van der Waals surface area contributed by atoms with Crippen LogP contribution in [0.25, 0.3) is 28.2 Å². The maximum absolute atomic E-state index is 12.8.